The van der Waals surface area contributed by atoms with E-state index in [0.29, 0.717) is 11.3 Å². The fourth-order valence-corrected chi connectivity index (χ4v) is 5.12. The first kappa shape index (κ1) is 15.7. The molecule has 124 valence electrons. The summed E-state index contributed by atoms with van der Waals surface area (Å²) < 4.78 is 13.0. The fraction of sp³-hybridized carbons (Fsp3) is 0.684. The summed E-state index contributed by atoms with van der Waals surface area (Å²) in [6.07, 6.45) is 3.63. The van der Waals surface area contributed by atoms with Crippen LogP contribution in [0.1, 0.15) is 39.2 Å². The molecule has 1 aromatic rings. The van der Waals surface area contributed by atoms with Gasteiger partial charge in [-0.15, -0.1) is 0 Å². The molecule has 3 aliphatic carbocycles. The lowest BCUT2D eigenvalue weighted by Gasteiger charge is -2.63. The van der Waals surface area contributed by atoms with Gasteiger partial charge in [-0.2, -0.15) is 0 Å². The first-order chi connectivity index (χ1) is 10.9. The van der Waals surface area contributed by atoms with E-state index in [1.165, 1.54) is 12.0 Å². The Morgan fingerprint density at radius 1 is 1.26 bits per heavy atom. The van der Waals surface area contributed by atoms with Crippen LogP contribution in [-0.2, 0) is 15.7 Å². The van der Waals surface area contributed by atoms with Gasteiger partial charge >= 0.3 is 7.12 Å². The Labute approximate surface area is 140 Å². The van der Waals surface area contributed by atoms with Gasteiger partial charge in [-0.05, 0) is 56.0 Å². The summed E-state index contributed by atoms with van der Waals surface area (Å²) in [7, 11) is 1.86. The molecule has 4 aliphatic rings. The van der Waals surface area contributed by atoms with Crippen LogP contribution in [0.25, 0.3) is 0 Å². The van der Waals surface area contributed by atoms with Crippen molar-refractivity contribution in [2.24, 2.45) is 17.3 Å². The average Bonchev–Trinajstić information content (AvgIpc) is 2.90. The van der Waals surface area contributed by atoms with E-state index in [1.54, 1.807) is 0 Å². The minimum absolute atomic E-state index is 0.0977. The largest absolute Gasteiger partial charge is 0.476 e. The Morgan fingerprint density at radius 3 is 2.65 bits per heavy atom. The van der Waals surface area contributed by atoms with Gasteiger partial charge in [-0.25, -0.2) is 0 Å². The quantitative estimate of drug-likeness (QED) is 0.867. The van der Waals surface area contributed by atoms with Crippen molar-refractivity contribution in [3.8, 4) is 0 Å². The normalized spacial score (nSPS) is 38.8. The Hall–Kier alpha value is -0.835. The number of benzene rings is 1. The van der Waals surface area contributed by atoms with E-state index in [1.807, 2.05) is 7.05 Å². The summed E-state index contributed by atoms with van der Waals surface area (Å²) in [6.45, 7) is 7.07. The van der Waals surface area contributed by atoms with E-state index in [9.17, 15) is 0 Å². The van der Waals surface area contributed by atoms with Crippen LogP contribution in [0.3, 0.4) is 0 Å². The second-order valence-electron chi connectivity index (χ2n) is 8.51. The predicted octanol–water partition coefficient (Wildman–Crippen LogP) is 3.08. The van der Waals surface area contributed by atoms with Crippen molar-refractivity contribution in [2.75, 3.05) is 7.05 Å². The number of hydrogen-bond acceptors (Lipinski definition) is 3. The molecule has 1 N–H and O–H groups in total. The van der Waals surface area contributed by atoms with Gasteiger partial charge in [0.15, 0.2) is 0 Å². The van der Waals surface area contributed by atoms with E-state index in [4.69, 9.17) is 9.31 Å². The molecule has 0 aromatic heterocycles. The van der Waals surface area contributed by atoms with Gasteiger partial charge in [0, 0.05) is 5.94 Å². The molecule has 4 fully saturated rings. The lowest BCUT2D eigenvalue weighted by molar-refractivity contribution is -0.185. The lowest BCUT2D eigenvalue weighted by atomic mass is 9.45. The molecule has 23 heavy (non-hydrogen) atoms. The number of nitrogens with one attached hydrogen (secondary N) is 1. The second-order valence-corrected chi connectivity index (χ2v) is 8.51. The summed E-state index contributed by atoms with van der Waals surface area (Å²) in [5.74, 6) is 1.63. The minimum Gasteiger partial charge on any atom is -0.404 e. The molecule has 3 nitrogen and oxygen atoms in total. The van der Waals surface area contributed by atoms with Gasteiger partial charge < -0.3 is 14.6 Å². The van der Waals surface area contributed by atoms with Gasteiger partial charge in [-0.3, -0.25) is 0 Å². The van der Waals surface area contributed by atoms with Crippen molar-refractivity contribution >= 4 is 7.12 Å². The third-order valence-electron chi connectivity index (χ3n) is 6.83. The maximum atomic E-state index is 6.49. The highest BCUT2D eigenvalue weighted by atomic mass is 16.7. The van der Waals surface area contributed by atoms with E-state index in [0.717, 1.165) is 18.8 Å². The molecule has 5 atom stereocenters. The van der Waals surface area contributed by atoms with Crippen molar-refractivity contribution in [3.63, 3.8) is 0 Å². The zero-order chi connectivity index (χ0) is 16.2. The first-order valence-electron chi connectivity index (χ1n) is 8.98. The molecule has 0 spiro atoms. The Bertz CT molecular complexity index is 578. The van der Waals surface area contributed by atoms with E-state index >= 15 is 0 Å². The van der Waals surface area contributed by atoms with Crippen LogP contribution >= 0.6 is 0 Å². The highest BCUT2D eigenvalue weighted by Gasteiger charge is 2.67. The summed E-state index contributed by atoms with van der Waals surface area (Å²) >= 11 is 0. The molecule has 1 aliphatic heterocycles. The standard InChI is InChI=1S/C19H28BNO2/c1-18(2)14-11-15(18)17-19(3,12-14)23-20(22-17)16(21-4)10-13-8-6-5-7-9-13/h5-9,14-17,21H,10-12H2,1-4H3/t14?,15?,16?,17?,19-/m1/s1. The van der Waals surface area contributed by atoms with Crippen molar-refractivity contribution in [2.45, 2.75) is 57.7 Å². The van der Waals surface area contributed by atoms with Crippen molar-refractivity contribution in [1.29, 1.82) is 0 Å². The van der Waals surface area contributed by atoms with E-state index in [-0.39, 0.29) is 24.8 Å². The average molecular weight is 313 g/mol. The molecule has 1 heterocycles. The fourth-order valence-electron chi connectivity index (χ4n) is 5.12. The summed E-state index contributed by atoms with van der Waals surface area (Å²) in [5.41, 5.74) is 1.64. The molecule has 3 saturated carbocycles. The van der Waals surface area contributed by atoms with Gasteiger partial charge in [-0.1, -0.05) is 44.2 Å². The molecule has 4 unspecified atom stereocenters. The van der Waals surface area contributed by atoms with E-state index < -0.39 is 0 Å². The zero-order valence-electron chi connectivity index (χ0n) is 14.7. The summed E-state index contributed by atoms with van der Waals surface area (Å²) in [4.78, 5) is 0. The highest BCUT2D eigenvalue weighted by molar-refractivity contribution is 6.47. The topological polar surface area (TPSA) is 30.5 Å². The molecular weight excluding hydrogens is 285 g/mol. The smallest absolute Gasteiger partial charge is 0.404 e. The second kappa shape index (κ2) is 5.33. The van der Waals surface area contributed by atoms with Crippen LogP contribution in [0.4, 0.5) is 0 Å². The van der Waals surface area contributed by atoms with Crippen molar-refractivity contribution in [1.82, 2.24) is 5.32 Å². The highest BCUT2D eigenvalue weighted by Crippen LogP contribution is 2.64. The maximum absolute atomic E-state index is 6.49. The molecule has 5 rings (SSSR count). The van der Waals surface area contributed by atoms with Crippen molar-refractivity contribution < 1.29 is 9.31 Å². The number of rotatable bonds is 4. The SMILES string of the molecule is CNC(Cc1ccccc1)B1OC2C3CC(C[C@@]2(C)O1)C3(C)C. The van der Waals surface area contributed by atoms with Crippen LogP contribution in [0, 0.1) is 17.3 Å². The zero-order valence-corrected chi connectivity index (χ0v) is 14.7. The molecule has 4 heteroatoms. The molecular formula is C19H28BNO2. The van der Waals surface area contributed by atoms with Crippen molar-refractivity contribution in [3.05, 3.63) is 35.9 Å². The van der Waals surface area contributed by atoms with Crippen LogP contribution in [0.15, 0.2) is 30.3 Å². The van der Waals surface area contributed by atoms with E-state index in [2.05, 4.69) is 56.4 Å². The Balaban J connectivity index is 1.50. The third-order valence-corrected chi connectivity index (χ3v) is 6.83. The third kappa shape index (κ3) is 2.38. The van der Waals surface area contributed by atoms with Crippen LogP contribution < -0.4 is 5.32 Å². The monoisotopic (exact) mass is 313 g/mol. The Morgan fingerprint density at radius 2 is 2.00 bits per heavy atom. The molecule has 1 saturated heterocycles. The lowest BCUT2D eigenvalue weighted by Crippen LogP contribution is -2.63. The van der Waals surface area contributed by atoms with Gasteiger partial charge in [0.25, 0.3) is 0 Å². The minimum atomic E-state index is -0.148. The number of likely N-dealkylation sites (N-methyl/N-ethyl adjacent to an activating group) is 1. The molecule has 2 bridgehead atoms. The van der Waals surface area contributed by atoms with Gasteiger partial charge in [0.05, 0.1) is 11.7 Å². The van der Waals surface area contributed by atoms with Gasteiger partial charge in [0.2, 0.25) is 0 Å². The molecule has 0 amide bonds. The number of hydrogen-bond donors (Lipinski definition) is 1. The summed E-state index contributed by atoms with van der Waals surface area (Å²) in [5, 5.41) is 3.42. The van der Waals surface area contributed by atoms with Crippen LogP contribution in [-0.4, -0.2) is 31.8 Å². The van der Waals surface area contributed by atoms with Crippen LogP contribution in [0.5, 0.6) is 0 Å². The molecule has 1 aromatic carbocycles. The summed E-state index contributed by atoms with van der Waals surface area (Å²) in [6, 6.07) is 10.6. The van der Waals surface area contributed by atoms with Gasteiger partial charge in [0.1, 0.15) is 0 Å². The first-order valence-corrected chi connectivity index (χ1v) is 8.98. The Kier molecular flexibility index (Phi) is 3.64. The predicted molar refractivity (Wildman–Crippen MR) is 93.1 cm³/mol. The maximum Gasteiger partial charge on any atom is 0.476 e. The molecule has 0 radical (unpaired) electrons. The van der Waals surface area contributed by atoms with Crippen LogP contribution in [0.2, 0.25) is 0 Å².